The molecule has 1 aliphatic carbocycles. The molecule has 0 saturated heterocycles. The molecule has 0 aliphatic heterocycles. The Morgan fingerprint density at radius 2 is 2.50 bits per heavy atom. The van der Waals surface area contributed by atoms with Gasteiger partial charge in [0.2, 0.25) is 0 Å². The fraction of sp³-hybridized carbons (Fsp3) is 0.750. The Morgan fingerprint density at radius 1 is 1.75 bits per heavy atom. The molecule has 8 heavy (non-hydrogen) atoms. The maximum atomic E-state index is 2.39. The Hall–Kier alpha value is -0.260. The summed E-state index contributed by atoms with van der Waals surface area (Å²) in [5.41, 5.74) is 1.67. The molecule has 0 aromatic carbocycles. The van der Waals surface area contributed by atoms with E-state index in [9.17, 15) is 0 Å². The molecular weight excluding hydrogens is 96.1 g/mol. The standard InChI is InChI=1S/C8H14/c1-3-8-6-4-5-7(8)2/h6-7H,3-5H2,1-2H3. The third kappa shape index (κ3) is 0.936. The summed E-state index contributed by atoms with van der Waals surface area (Å²) in [5, 5.41) is 0. The normalized spacial score (nSPS) is 28.2. The van der Waals surface area contributed by atoms with Crippen LogP contribution in [0.5, 0.6) is 0 Å². The fourth-order valence-corrected chi connectivity index (χ4v) is 1.40. The Balaban J connectivity index is 2.49. The topological polar surface area (TPSA) is 0 Å². The molecule has 0 heteroatoms. The van der Waals surface area contributed by atoms with Crippen molar-refractivity contribution in [1.82, 2.24) is 0 Å². The minimum Gasteiger partial charge on any atom is -0.0851 e. The first-order valence-corrected chi connectivity index (χ1v) is 3.53. The van der Waals surface area contributed by atoms with Crippen LogP contribution in [-0.4, -0.2) is 0 Å². The molecule has 0 nitrogen and oxygen atoms in total. The molecule has 0 radical (unpaired) electrons. The van der Waals surface area contributed by atoms with Crippen LogP contribution in [0.25, 0.3) is 0 Å². The number of hydrogen-bond acceptors (Lipinski definition) is 0. The van der Waals surface area contributed by atoms with E-state index in [0.717, 1.165) is 5.92 Å². The van der Waals surface area contributed by atoms with Gasteiger partial charge in [-0.05, 0) is 25.2 Å². The highest BCUT2D eigenvalue weighted by Gasteiger charge is 2.10. The van der Waals surface area contributed by atoms with Gasteiger partial charge in [-0.1, -0.05) is 25.5 Å². The Morgan fingerprint density at radius 3 is 2.75 bits per heavy atom. The molecule has 0 fully saturated rings. The van der Waals surface area contributed by atoms with Gasteiger partial charge in [0.1, 0.15) is 0 Å². The van der Waals surface area contributed by atoms with E-state index in [4.69, 9.17) is 0 Å². The summed E-state index contributed by atoms with van der Waals surface area (Å²) in [5.74, 6) is 0.889. The molecular formula is C8H14. The maximum Gasteiger partial charge on any atom is -0.0229 e. The predicted molar refractivity (Wildman–Crippen MR) is 36.8 cm³/mol. The lowest BCUT2D eigenvalue weighted by atomic mass is 10.0. The Labute approximate surface area is 51.6 Å². The smallest absolute Gasteiger partial charge is 0.0229 e. The minimum atomic E-state index is 0.889. The van der Waals surface area contributed by atoms with Crippen molar-refractivity contribution in [2.24, 2.45) is 5.92 Å². The second kappa shape index (κ2) is 2.34. The van der Waals surface area contributed by atoms with Crippen LogP contribution in [-0.2, 0) is 0 Å². The summed E-state index contributed by atoms with van der Waals surface area (Å²) < 4.78 is 0. The van der Waals surface area contributed by atoms with Crippen molar-refractivity contribution >= 4 is 0 Å². The molecule has 0 saturated carbocycles. The largest absolute Gasteiger partial charge is 0.0851 e. The van der Waals surface area contributed by atoms with E-state index < -0.39 is 0 Å². The van der Waals surface area contributed by atoms with E-state index in [0.29, 0.717) is 0 Å². The van der Waals surface area contributed by atoms with Gasteiger partial charge < -0.3 is 0 Å². The first-order valence-electron chi connectivity index (χ1n) is 3.53. The van der Waals surface area contributed by atoms with Crippen LogP contribution in [0, 0.1) is 5.92 Å². The molecule has 0 heterocycles. The van der Waals surface area contributed by atoms with Crippen molar-refractivity contribution < 1.29 is 0 Å². The highest BCUT2D eigenvalue weighted by Crippen LogP contribution is 2.26. The molecule has 0 aromatic heterocycles. The number of hydrogen-bond donors (Lipinski definition) is 0. The molecule has 0 bridgehead atoms. The van der Waals surface area contributed by atoms with E-state index in [1.807, 2.05) is 0 Å². The quantitative estimate of drug-likeness (QED) is 0.455. The monoisotopic (exact) mass is 110 g/mol. The van der Waals surface area contributed by atoms with E-state index in [1.54, 1.807) is 5.57 Å². The lowest BCUT2D eigenvalue weighted by molar-refractivity contribution is 0.652. The lowest BCUT2D eigenvalue weighted by Crippen LogP contribution is -1.89. The van der Waals surface area contributed by atoms with E-state index in [1.165, 1.54) is 19.3 Å². The van der Waals surface area contributed by atoms with Crippen molar-refractivity contribution in [2.75, 3.05) is 0 Å². The van der Waals surface area contributed by atoms with Gasteiger partial charge in [-0.2, -0.15) is 0 Å². The molecule has 1 atom stereocenters. The minimum absolute atomic E-state index is 0.889. The molecule has 0 spiro atoms. The summed E-state index contributed by atoms with van der Waals surface area (Å²) in [7, 11) is 0. The molecule has 46 valence electrons. The maximum absolute atomic E-state index is 2.39. The zero-order valence-corrected chi connectivity index (χ0v) is 5.78. The van der Waals surface area contributed by atoms with Crippen LogP contribution in [0.15, 0.2) is 11.6 Å². The SMILES string of the molecule is CCC1=CCCC1C. The molecule has 1 aliphatic rings. The van der Waals surface area contributed by atoms with Crippen molar-refractivity contribution in [3.63, 3.8) is 0 Å². The molecule has 1 unspecified atom stereocenters. The fourth-order valence-electron chi connectivity index (χ4n) is 1.40. The van der Waals surface area contributed by atoms with Gasteiger partial charge in [0, 0.05) is 0 Å². The van der Waals surface area contributed by atoms with Crippen LogP contribution >= 0.6 is 0 Å². The molecule has 0 amide bonds. The highest BCUT2D eigenvalue weighted by atomic mass is 14.2. The lowest BCUT2D eigenvalue weighted by Gasteiger charge is -2.03. The van der Waals surface area contributed by atoms with Crippen LogP contribution in [0.4, 0.5) is 0 Å². The molecule has 0 aromatic rings. The molecule has 0 N–H and O–H groups in total. The number of rotatable bonds is 1. The highest BCUT2D eigenvalue weighted by molar-refractivity contribution is 5.10. The Bertz CT molecular complexity index is 101. The predicted octanol–water partition coefficient (Wildman–Crippen LogP) is 2.75. The zero-order valence-electron chi connectivity index (χ0n) is 5.78. The van der Waals surface area contributed by atoms with Crippen LogP contribution in [0.3, 0.4) is 0 Å². The van der Waals surface area contributed by atoms with Crippen LogP contribution in [0.1, 0.15) is 33.1 Å². The van der Waals surface area contributed by atoms with Crippen molar-refractivity contribution in [3.05, 3.63) is 11.6 Å². The number of allylic oxidation sites excluding steroid dienone is 2. The second-order valence-corrected chi connectivity index (χ2v) is 2.61. The van der Waals surface area contributed by atoms with Gasteiger partial charge in [0.15, 0.2) is 0 Å². The summed E-state index contributed by atoms with van der Waals surface area (Å²) in [6.45, 7) is 4.57. The van der Waals surface area contributed by atoms with Crippen molar-refractivity contribution in [1.29, 1.82) is 0 Å². The summed E-state index contributed by atoms with van der Waals surface area (Å²) in [6.07, 6.45) is 6.37. The van der Waals surface area contributed by atoms with Crippen molar-refractivity contribution in [2.45, 2.75) is 33.1 Å². The summed E-state index contributed by atoms with van der Waals surface area (Å²) in [6, 6.07) is 0. The summed E-state index contributed by atoms with van der Waals surface area (Å²) >= 11 is 0. The van der Waals surface area contributed by atoms with Gasteiger partial charge in [0.25, 0.3) is 0 Å². The van der Waals surface area contributed by atoms with Gasteiger partial charge in [0.05, 0.1) is 0 Å². The average molecular weight is 110 g/mol. The average Bonchev–Trinajstić information content (AvgIpc) is 2.14. The van der Waals surface area contributed by atoms with Gasteiger partial charge >= 0.3 is 0 Å². The summed E-state index contributed by atoms with van der Waals surface area (Å²) in [4.78, 5) is 0. The molecule has 1 rings (SSSR count). The van der Waals surface area contributed by atoms with Gasteiger partial charge in [-0.25, -0.2) is 0 Å². The third-order valence-electron chi connectivity index (χ3n) is 2.05. The third-order valence-corrected chi connectivity index (χ3v) is 2.05. The Kier molecular flexibility index (Phi) is 1.72. The van der Waals surface area contributed by atoms with Gasteiger partial charge in [-0.3, -0.25) is 0 Å². The van der Waals surface area contributed by atoms with Crippen LogP contribution in [0.2, 0.25) is 0 Å². The van der Waals surface area contributed by atoms with Crippen LogP contribution < -0.4 is 0 Å². The zero-order chi connectivity index (χ0) is 5.98. The first kappa shape index (κ1) is 5.87. The second-order valence-electron chi connectivity index (χ2n) is 2.61. The van der Waals surface area contributed by atoms with E-state index >= 15 is 0 Å². The first-order chi connectivity index (χ1) is 3.84. The van der Waals surface area contributed by atoms with E-state index in [2.05, 4.69) is 19.9 Å². The van der Waals surface area contributed by atoms with Crippen molar-refractivity contribution in [3.8, 4) is 0 Å². The van der Waals surface area contributed by atoms with E-state index in [-0.39, 0.29) is 0 Å². The van der Waals surface area contributed by atoms with Gasteiger partial charge in [-0.15, -0.1) is 0 Å².